The molecule has 0 aliphatic carbocycles. The highest BCUT2D eigenvalue weighted by Gasteiger charge is 2.23. The number of carbonyl (C=O) groups is 1. The molecule has 0 aromatic rings. The predicted molar refractivity (Wildman–Crippen MR) is 49.9 cm³/mol. The van der Waals surface area contributed by atoms with E-state index in [9.17, 15) is 4.79 Å². The summed E-state index contributed by atoms with van der Waals surface area (Å²) < 4.78 is 5.22. The zero-order valence-corrected chi connectivity index (χ0v) is 8.81. The van der Waals surface area contributed by atoms with E-state index in [0.717, 1.165) is 6.42 Å². The molecule has 1 unspecified atom stereocenters. The van der Waals surface area contributed by atoms with Crippen LogP contribution < -0.4 is 0 Å². The van der Waals surface area contributed by atoms with Crippen molar-refractivity contribution in [3.8, 4) is 0 Å². The molecule has 12 heavy (non-hydrogen) atoms. The van der Waals surface area contributed by atoms with E-state index in [-0.39, 0.29) is 17.5 Å². The highest BCUT2D eigenvalue weighted by Crippen LogP contribution is 2.21. The SMILES string of the molecule is CCCC(=O)OC(C)C(C)(C)C. The van der Waals surface area contributed by atoms with Gasteiger partial charge in [-0.15, -0.1) is 0 Å². The second-order valence-electron chi connectivity index (χ2n) is 4.25. The van der Waals surface area contributed by atoms with Crippen molar-refractivity contribution < 1.29 is 9.53 Å². The summed E-state index contributed by atoms with van der Waals surface area (Å²) in [5.41, 5.74) is 0.0450. The summed E-state index contributed by atoms with van der Waals surface area (Å²) in [6.07, 6.45) is 1.38. The van der Waals surface area contributed by atoms with E-state index in [1.807, 2.05) is 13.8 Å². The maximum absolute atomic E-state index is 11.1. The maximum Gasteiger partial charge on any atom is 0.306 e. The van der Waals surface area contributed by atoms with Crippen LogP contribution in [0.15, 0.2) is 0 Å². The van der Waals surface area contributed by atoms with Crippen molar-refractivity contribution in [3.63, 3.8) is 0 Å². The highest BCUT2D eigenvalue weighted by atomic mass is 16.5. The molecule has 72 valence electrons. The van der Waals surface area contributed by atoms with Gasteiger partial charge in [-0.1, -0.05) is 27.7 Å². The van der Waals surface area contributed by atoms with Gasteiger partial charge in [-0.25, -0.2) is 0 Å². The van der Waals surface area contributed by atoms with E-state index in [0.29, 0.717) is 6.42 Å². The number of ether oxygens (including phenoxy) is 1. The lowest BCUT2D eigenvalue weighted by Gasteiger charge is -2.26. The molecule has 2 nitrogen and oxygen atoms in total. The van der Waals surface area contributed by atoms with Gasteiger partial charge in [0, 0.05) is 6.42 Å². The third-order valence-corrected chi connectivity index (χ3v) is 1.98. The van der Waals surface area contributed by atoms with Gasteiger partial charge in [-0.05, 0) is 18.8 Å². The summed E-state index contributed by atoms with van der Waals surface area (Å²) in [5, 5.41) is 0. The minimum absolute atomic E-state index is 0.00319. The van der Waals surface area contributed by atoms with E-state index in [1.54, 1.807) is 0 Å². The normalized spacial score (nSPS) is 14.1. The minimum Gasteiger partial charge on any atom is -0.462 e. The lowest BCUT2D eigenvalue weighted by molar-refractivity contribution is -0.153. The molecule has 0 aromatic carbocycles. The van der Waals surface area contributed by atoms with Crippen LogP contribution in [-0.2, 0) is 9.53 Å². The molecular weight excluding hydrogens is 152 g/mol. The largest absolute Gasteiger partial charge is 0.462 e. The first-order chi connectivity index (χ1) is 5.38. The van der Waals surface area contributed by atoms with E-state index in [4.69, 9.17) is 4.74 Å². The molecular formula is C10H20O2. The van der Waals surface area contributed by atoms with Crippen LogP contribution in [0, 0.1) is 5.41 Å². The van der Waals surface area contributed by atoms with Crippen LogP contribution in [0.3, 0.4) is 0 Å². The monoisotopic (exact) mass is 172 g/mol. The van der Waals surface area contributed by atoms with Crippen LogP contribution in [0.4, 0.5) is 0 Å². The van der Waals surface area contributed by atoms with Crippen LogP contribution in [0.25, 0.3) is 0 Å². The maximum atomic E-state index is 11.1. The van der Waals surface area contributed by atoms with Crippen molar-refractivity contribution in [1.82, 2.24) is 0 Å². The third kappa shape index (κ3) is 4.37. The molecule has 0 aliphatic heterocycles. The number of esters is 1. The van der Waals surface area contributed by atoms with Gasteiger partial charge in [0.15, 0.2) is 0 Å². The smallest absolute Gasteiger partial charge is 0.306 e. The molecule has 0 spiro atoms. The molecule has 0 saturated heterocycles. The molecule has 0 aromatic heterocycles. The van der Waals surface area contributed by atoms with Crippen molar-refractivity contribution in [1.29, 1.82) is 0 Å². The molecule has 0 amide bonds. The summed E-state index contributed by atoms with van der Waals surface area (Å²) in [7, 11) is 0. The molecule has 0 bridgehead atoms. The van der Waals surface area contributed by atoms with Crippen molar-refractivity contribution in [2.75, 3.05) is 0 Å². The fourth-order valence-corrected chi connectivity index (χ4v) is 0.637. The number of carbonyl (C=O) groups excluding carboxylic acids is 1. The van der Waals surface area contributed by atoms with Crippen LogP contribution in [0.2, 0.25) is 0 Å². The Bertz CT molecular complexity index is 144. The van der Waals surface area contributed by atoms with Crippen molar-refractivity contribution in [2.24, 2.45) is 5.41 Å². The summed E-state index contributed by atoms with van der Waals surface area (Å²) in [6.45, 7) is 10.1. The summed E-state index contributed by atoms with van der Waals surface area (Å²) in [6, 6.07) is 0. The molecule has 0 saturated carbocycles. The van der Waals surface area contributed by atoms with E-state index in [1.165, 1.54) is 0 Å². The first-order valence-corrected chi connectivity index (χ1v) is 4.57. The van der Waals surface area contributed by atoms with E-state index >= 15 is 0 Å². The van der Waals surface area contributed by atoms with Gasteiger partial charge in [-0.2, -0.15) is 0 Å². The van der Waals surface area contributed by atoms with Gasteiger partial charge < -0.3 is 4.74 Å². The first-order valence-electron chi connectivity index (χ1n) is 4.57. The second-order valence-corrected chi connectivity index (χ2v) is 4.25. The Hall–Kier alpha value is -0.530. The fourth-order valence-electron chi connectivity index (χ4n) is 0.637. The molecule has 0 aliphatic rings. The van der Waals surface area contributed by atoms with Gasteiger partial charge in [-0.3, -0.25) is 4.79 Å². The van der Waals surface area contributed by atoms with Crippen molar-refractivity contribution in [2.45, 2.75) is 53.6 Å². The predicted octanol–water partition coefficient (Wildman–Crippen LogP) is 2.76. The molecule has 0 rings (SSSR count). The summed E-state index contributed by atoms with van der Waals surface area (Å²) >= 11 is 0. The quantitative estimate of drug-likeness (QED) is 0.612. The first kappa shape index (κ1) is 11.5. The molecule has 0 heterocycles. The van der Waals surface area contributed by atoms with Crippen LogP contribution in [-0.4, -0.2) is 12.1 Å². The van der Waals surface area contributed by atoms with Gasteiger partial charge in [0.2, 0.25) is 0 Å². The Morgan fingerprint density at radius 3 is 2.25 bits per heavy atom. The standard InChI is InChI=1S/C10H20O2/c1-6-7-9(11)12-8(2)10(3,4)5/h8H,6-7H2,1-5H3. The van der Waals surface area contributed by atoms with E-state index < -0.39 is 0 Å². The summed E-state index contributed by atoms with van der Waals surface area (Å²) in [5.74, 6) is -0.0834. The topological polar surface area (TPSA) is 26.3 Å². The second kappa shape index (κ2) is 4.48. The third-order valence-electron chi connectivity index (χ3n) is 1.98. The molecule has 0 N–H and O–H groups in total. The Morgan fingerprint density at radius 1 is 1.42 bits per heavy atom. The van der Waals surface area contributed by atoms with Crippen molar-refractivity contribution in [3.05, 3.63) is 0 Å². The van der Waals surface area contributed by atoms with E-state index in [2.05, 4.69) is 20.8 Å². The highest BCUT2D eigenvalue weighted by molar-refractivity contribution is 5.69. The zero-order chi connectivity index (χ0) is 9.78. The molecule has 1 atom stereocenters. The lowest BCUT2D eigenvalue weighted by atomic mass is 9.90. The van der Waals surface area contributed by atoms with Gasteiger partial charge in [0.05, 0.1) is 0 Å². The number of hydrogen-bond donors (Lipinski definition) is 0. The lowest BCUT2D eigenvalue weighted by Crippen LogP contribution is -2.28. The minimum atomic E-state index is -0.0834. The van der Waals surface area contributed by atoms with Crippen LogP contribution >= 0.6 is 0 Å². The Morgan fingerprint density at radius 2 is 1.92 bits per heavy atom. The molecule has 0 fully saturated rings. The van der Waals surface area contributed by atoms with Crippen molar-refractivity contribution >= 4 is 5.97 Å². The van der Waals surface area contributed by atoms with Crippen LogP contribution in [0.5, 0.6) is 0 Å². The number of rotatable bonds is 3. The van der Waals surface area contributed by atoms with Gasteiger partial charge in [0.25, 0.3) is 0 Å². The number of hydrogen-bond acceptors (Lipinski definition) is 2. The Balaban J connectivity index is 3.84. The fraction of sp³-hybridized carbons (Fsp3) is 0.900. The van der Waals surface area contributed by atoms with Gasteiger partial charge in [0.1, 0.15) is 6.10 Å². The average molecular weight is 172 g/mol. The Labute approximate surface area is 75.3 Å². The summed E-state index contributed by atoms with van der Waals surface area (Å²) in [4.78, 5) is 11.1. The van der Waals surface area contributed by atoms with Gasteiger partial charge >= 0.3 is 5.97 Å². The molecule has 0 radical (unpaired) electrons. The molecule has 2 heteroatoms. The Kier molecular flexibility index (Phi) is 4.29. The average Bonchev–Trinajstić information content (AvgIpc) is 1.85. The van der Waals surface area contributed by atoms with Crippen LogP contribution in [0.1, 0.15) is 47.5 Å². The zero-order valence-electron chi connectivity index (χ0n) is 8.81.